The van der Waals surface area contributed by atoms with Gasteiger partial charge in [-0.25, -0.2) is 9.59 Å². The predicted octanol–water partition coefficient (Wildman–Crippen LogP) is 4.02. The zero-order valence-corrected chi connectivity index (χ0v) is 15.0. The Labute approximate surface area is 159 Å². The molecule has 148 valence electrons. The maximum Gasteiger partial charge on any atom is 0.422 e. The molecule has 1 atom stereocenters. The first-order chi connectivity index (χ1) is 13.3. The lowest BCUT2D eigenvalue weighted by molar-refractivity contribution is -0.187. The normalized spacial score (nSPS) is 14.0. The molecule has 2 aromatic rings. The van der Waals surface area contributed by atoms with E-state index in [4.69, 9.17) is 4.74 Å². The largest absolute Gasteiger partial charge is 0.455 e. The Morgan fingerprint density at radius 2 is 1.54 bits per heavy atom. The van der Waals surface area contributed by atoms with Crippen molar-refractivity contribution in [3.63, 3.8) is 0 Å². The summed E-state index contributed by atoms with van der Waals surface area (Å²) in [5, 5.41) is 2.18. The van der Waals surface area contributed by atoms with Gasteiger partial charge >= 0.3 is 18.2 Å². The van der Waals surface area contributed by atoms with Crippen LogP contribution in [0.5, 0.6) is 0 Å². The minimum atomic E-state index is -4.63. The van der Waals surface area contributed by atoms with Crippen LogP contribution in [0.2, 0.25) is 0 Å². The van der Waals surface area contributed by atoms with Crippen molar-refractivity contribution in [3.8, 4) is 11.1 Å². The van der Waals surface area contributed by atoms with Gasteiger partial charge in [0.1, 0.15) is 12.6 Å². The lowest BCUT2D eigenvalue weighted by Crippen LogP contribution is -2.41. The molecule has 0 fully saturated rings. The summed E-state index contributed by atoms with van der Waals surface area (Å²) in [6.07, 6.45) is -5.53. The van der Waals surface area contributed by atoms with Gasteiger partial charge in [-0.2, -0.15) is 13.2 Å². The minimum Gasteiger partial charge on any atom is -0.455 e. The Morgan fingerprint density at radius 3 is 2.07 bits per heavy atom. The number of halogens is 3. The van der Waals surface area contributed by atoms with Gasteiger partial charge in [-0.3, -0.25) is 0 Å². The predicted molar refractivity (Wildman–Crippen MR) is 94.7 cm³/mol. The number of ether oxygens (including phenoxy) is 2. The van der Waals surface area contributed by atoms with Gasteiger partial charge in [0.25, 0.3) is 0 Å². The van der Waals surface area contributed by atoms with Crippen LogP contribution >= 0.6 is 0 Å². The van der Waals surface area contributed by atoms with Gasteiger partial charge in [0.2, 0.25) is 0 Å². The standard InChI is InChI=1S/C20H18F3NO4/c1-12(18(25)28-11-20(21,22)23)24-19(26)27-10-17-15-8-4-2-6-13(15)14-7-3-5-9-16(14)17/h2-9,12,17H,10-11H2,1H3,(H,24,26)/t12-/m0/s1. The quantitative estimate of drug-likeness (QED) is 0.780. The third-order valence-corrected chi connectivity index (χ3v) is 4.41. The van der Waals surface area contributed by atoms with Gasteiger partial charge in [-0.1, -0.05) is 48.5 Å². The van der Waals surface area contributed by atoms with Gasteiger partial charge in [-0.15, -0.1) is 0 Å². The molecule has 1 N–H and O–H groups in total. The molecule has 1 aliphatic carbocycles. The number of carbonyl (C=O) groups is 2. The lowest BCUT2D eigenvalue weighted by Gasteiger charge is -2.17. The highest BCUT2D eigenvalue weighted by atomic mass is 19.4. The Hall–Kier alpha value is -3.03. The van der Waals surface area contributed by atoms with E-state index in [1.165, 1.54) is 6.92 Å². The number of benzene rings is 2. The molecular weight excluding hydrogens is 375 g/mol. The molecule has 0 bridgehead atoms. The molecule has 28 heavy (non-hydrogen) atoms. The monoisotopic (exact) mass is 393 g/mol. The zero-order chi connectivity index (χ0) is 20.3. The number of esters is 1. The van der Waals surface area contributed by atoms with Crippen LogP contribution in [-0.4, -0.2) is 37.5 Å². The van der Waals surface area contributed by atoms with Crippen LogP contribution < -0.4 is 5.32 Å². The van der Waals surface area contributed by atoms with Crippen LogP contribution in [0.4, 0.5) is 18.0 Å². The van der Waals surface area contributed by atoms with Gasteiger partial charge in [0.05, 0.1) is 0 Å². The fourth-order valence-corrected chi connectivity index (χ4v) is 3.15. The smallest absolute Gasteiger partial charge is 0.422 e. The number of alkyl carbamates (subject to hydrolysis) is 1. The summed E-state index contributed by atoms with van der Waals surface area (Å²) in [4.78, 5) is 23.5. The fourth-order valence-electron chi connectivity index (χ4n) is 3.15. The van der Waals surface area contributed by atoms with Crippen molar-refractivity contribution in [1.29, 1.82) is 0 Å². The third-order valence-electron chi connectivity index (χ3n) is 4.41. The van der Waals surface area contributed by atoms with E-state index in [0.29, 0.717) is 0 Å². The van der Waals surface area contributed by atoms with E-state index in [1.807, 2.05) is 48.5 Å². The summed E-state index contributed by atoms with van der Waals surface area (Å²) in [6.45, 7) is -0.452. The highest BCUT2D eigenvalue weighted by Crippen LogP contribution is 2.44. The molecule has 0 radical (unpaired) electrons. The number of alkyl halides is 3. The summed E-state index contributed by atoms with van der Waals surface area (Å²) >= 11 is 0. The number of nitrogens with one attached hydrogen (secondary N) is 1. The van der Waals surface area contributed by atoms with E-state index in [9.17, 15) is 22.8 Å². The number of carbonyl (C=O) groups excluding carboxylic acids is 2. The number of amides is 1. The fraction of sp³-hybridized carbons (Fsp3) is 0.300. The van der Waals surface area contributed by atoms with Crippen molar-refractivity contribution < 1.29 is 32.2 Å². The maximum atomic E-state index is 12.1. The maximum absolute atomic E-state index is 12.1. The molecule has 3 rings (SSSR count). The molecule has 2 aromatic carbocycles. The molecular formula is C20H18F3NO4. The molecule has 0 spiro atoms. The molecule has 0 unspecified atom stereocenters. The van der Waals surface area contributed by atoms with Gasteiger partial charge < -0.3 is 14.8 Å². The van der Waals surface area contributed by atoms with Crippen LogP contribution in [0, 0.1) is 0 Å². The van der Waals surface area contributed by atoms with E-state index >= 15 is 0 Å². The molecule has 0 heterocycles. The van der Waals surface area contributed by atoms with E-state index in [0.717, 1.165) is 22.3 Å². The average Bonchev–Trinajstić information content (AvgIpc) is 2.98. The van der Waals surface area contributed by atoms with Crippen LogP contribution in [0.3, 0.4) is 0 Å². The van der Waals surface area contributed by atoms with Crippen molar-refractivity contribution in [2.45, 2.75) is 25.1 Å². The van der Waals surface area contributed by atoms with Gasteiger partial charge in [0, 0.05) is 5.92 Å². The van der Waals surface area contributed by atoms with E-state index in [-0.39, 0.29) is 12.5 Å². The first-order valence-corrected chi connectivity index (χ1v) is 8.61. The Morgan fingerprint density at radius 1 is 1.00 bits per heavy atom. The second-order valence-corrected chi connectivity index (χ2v) is 6.41. The number of fused-ring (bicyclic) bond motifs is 3. The van der Waals surface area contributed by atoms with E-state index in [2.05, 4.69) is 10.1 Å². The first-order valence-electron chi connectivity index (χ1n) is 8.61. The van der Waals surface area contributed by atoms with Crippen molar-refractivity contribution in [2.75, 3.05) is 13.2 Å². The Kier molecular flexibility index (Phi) is 5.58. The minimum absolute atomic E-state index is 0.0319. The van der Waals surface area contributed by atoms with Crippen LogP contribution in [-0.2, 0) is 14.3 Å². The van der Waals surface area contributed by atoms with Crippen LogP contribution in [0.1, 0.15) is 24.0 Å². The van der Waals surface area contributed by atoms with Gasteiger partial charge in [0.15, 0.2) is 6.61 Å². The lowest BCUT2D eigenvalue weighted by atomic mass is 9.98. The third kappa shape index (κ3) is 4.44. The summed E-state index contributed by atoms with van der Waals surface area (Å²) in [6, 6.07) is 14.3. The first kappa shape index (κ1) is 19.7. The summed E-state index contributed by atoms with van der Waals surface area (Å²) < 4.78 is 45.6. The number of hydrogen-bond donors (Lipinski definition) is 1. The van der Waals surface area contributed by atoms with Crippen molar-refractivity contribution in [2.24, 2.45) is 0 Å². The van der Waals surface area contributed by atoms with Crippen LogP contribution in [0.25, 0.3) is 11.1 Å². The average molecular weight is 393 g/mol. The Balaban J connectivity index is 1.58. The molecule has 0 aliphatic heterocycles. The van der Waals surface area contributed by atoms with E-state index < -0.39 is 30.9 Å². The molecule has 1 aliphatic rings. The number of rotatable bonds is 5. The Bertz CT molecular complexity index is 836. The molecule has 0 saturated carbocycles. The van der Waals surface area contributed by atoms with E-state index in [1.54, 1.807) is 0 Å². The molecule has 8 heteroatoms. The number of hydrogen-bond acceptors (Lipinski definition) is 4. The SMILES string of the molecule is C[C@H](NC(=O)OCC1c2ccccc2-c2ccccc21)C(=O)OCC(F)(F)F. The molecule has 0 saturated heterocycles. The highest BCUT2D eigenvalue weighted by molar-refractivity contribution is 5.81. The molecule has 1 amide bonds. The van der Waals surface area contributed by atoms with Gasteiger partial charge in [-0.05, 0) is 29.2 Å². The zero-order valence-electron chi connectivity index (χ0n) is 15.0. The summed E-state index contributed by atoms with van der Waals surface area (Å²) in [5.74, 6) is -1.35. The van der Waals surface area contributed by atoms with Crippen molar-refractivity contribution in [1.82, 2.24) is 5.32 Å². The molecule has 5 nitrogen and oxygen atoms in total. The van der Waals surface area contributed by atoms with Crippen LogP contribution in [0.15, 0.2) is 48.5 Å². The molecule has 0 aromatic heterocycles. The van der Waals surface area contributed by atoms with Crippen molar-refractivity contribution in [3.05, 3.63) is 59.7 Å². The second kappa shape index (κ2) is 7.92. The topological polar surface area (TPSA) is 64.6 Å². The van der Waals surface area contributed by atoms with Crippen molar-refractivity contribution >= 4 is 12.1 Å². The summed E-state index contributed by atoms with van der Waals surface area (Å²) in [5.41, 5.74) is 4.18. The summed E-state index contributed by atoms with van der Waals surface area (Å²) in [7, 11) is 0. The highest BCUT2D eigenvalue weighted by Gasteiger charge is 2.32. The second-order valence-electron chi connectivity index (χ2n) is 6.41.